The van der Waals surface area contributed by atoms with E-state index in [0.29, 0.717) is 29.5 Å². The molecule has 1 fully saturated rings. The maximum absolute atomic E-state index is 12.8. The third kappa shape index (κ3) is 4.55. The highest BCUT2D eigenvalue weighted by Crippen LogP contribution is 2.33. The second-order valence-corrected chi connectivity index (χ2v) is 7.42. The maximum atomic E-state index is 12.8. The molecule has 1 N–H and O–H groups in total. The summed E-state index contributed by atoms with van der Waals surface area (Å²) >= 11 is 2.37. The van der Waals surface area contributed by atoms with Gasteiger partial charge in [0.05, 0.1) is 11.3 Å². The summed E-state index contributed by atoms with van der Waals surface area (Å²) in [4.78, 5) is 29.2. The number of aromatic nitrogens is 1. The molecule has 0 aliphatic carbocycles. The normalized spacial score (nSPS) is 14.7. The van der Waals surface area contributed by atoms with Crippen LogP contribution >= 0.6 is 23.1 Å². The quantitative estimate of drug-likeness (QED) is 0.810. The lowest BCUT2D eigenvalue weighted by Gasteiger charge is -2.13. The fraction of sp³-hybridized carbons (Fsp3) is 0.312. The molecule has 0 bridgehead atoms. The number of thiazole rings is 1. The smallest absolute Gasteiger partial charge is 0.332 e. The first-order valence-corrected chi connectivity index (χ1v) is 9.54. The van der Waals surface area contributed by atoms with Crippen molar-refractivity contribution < 1.29 is 22.8 Å². The van der Waals surface area contributed by atoms with E-state index >= 15 is 0 Å². The number of thioether (sulfide) groups is 1. The molecule has 0 radical (unpaired) electrons. The average molecular weight is 401 g/mol. The van der Waals surface area contributed by atoms with Gasteiger partial charge in [-0.3, -0.25) is 9.59 Å². The predicted octanol–water partition coefficient (Wildman–Crippen LogP) is 4.33. The Labute approximate surface area is 155 Å². The summed E-state index contributed by atoms with van der Waals surface area (Å²) < 4.78 is 38.4. The van der Waals surface area contributed by atoms with Gasteiger partial charge >= 0.3 is 6.18 Å². The van der Waals surface area contributed by atoms with Crippen LogP contribution in [-0.2, 0) is 11.0 Å². The highest BCUT2D eigenvalue weighted by molar-refractivity contribution is 8.13. The fourth-order valence-electron chi connectivity index (χ4n) is 2.37. The number of anilines is 1. The number of benzene rings is 1. The SMILES string of the molecule is O=C(CCN1CCSC1=O)Nc1nc(-c2cccc(C(F)(F)F)c2)cs1. The molecule has 2 amide bonds. The Hall–Kier alpha value is -2.07. The Morgan fingerprint density at radius 2 is 2.15 bits per heavy atom. The molecule has 5 nitrogen and oxygen atoms in total. The maximum Gasteiger partial charge on any atom is 0.416 e. The largest absolute Gasteiger partial charge is 0.416 e. The van der Waals surface area contributed by atoms with Crippen molar-refractivity contribution in [1.29, 1.82) is 0 Å². The Kier molecular flexibility index (Phi) is 5.52. The molecule has 0 unspecified atom stereocenters. The molecule has 2 heterocycles. The van der Waals surface area contributed by atoms with Crippen molar-refractivity contribution in [2.45, 2.75) is 12.6 Å². The second-order valence-electron chi connectivity index (χ2n) is 5.52. The van der Waals surface area contributed by atoms with E-state index in [9.17, 15) is 22.8 Å². The van der Waals surface area contributed by atoms with Crippen LogP contribution in [0.2, 0.25) is 0 Å². The standard InChI is InChI=1S/C16H14F3N3O2S2/c17-16(18,19)11-3-1-2-10(8-11)12-9-26-14(20-12)21-13(23)4-5-22-6-7-25-15(22)24/h1-3,8-9H,4-7H2,(H,20,21,23). The van der Waals surface area contributed by atoms with Crippen LogP contribution in [0.15, 0.2) is 29.6 Å². The first-order chi connectivity index (χ1) is 12.3. The van der Waals surface area contributed by atoms with Gasteiger partial charge in [0.15, 0.2) is 5.13 Å². The van der Waals surface area contributed by atoms with E-state index < -0.39 is 11.7 Å². The molecule has 2 aromatic rings. The number of halogens is 3. The molecule has 1 aliphatic heterocycles. The molecule has 3 rings (SSSR count). The van der Waals surface area contributed by atoms with Crippen LogP contribution in [0.25, 0.3) is 11.3 Å². The van der Waals surface area contributed by atoms with Gasteiger partial charge in [-0.2, -0.15) is 13.2 Å². The van der Waals surface area contributed by atoms with Gasteiger partial charge in [0.25, 0.3) is 5.24 Å². The Bertz CT molecular complexity index is 823. The van der Waals surface area contributed by atoms with Gasteiger partial charge in [0, 0.05) is 36.2 Å². The zero-order valence-electron chi connectivity index (χ0n) is 13.4. The van der Waals surface area contributed by atoms with Crippen LogP contribution in [0, 0.1) is 0 Å². The van der Waals surface area contributed by atoms with Gasteiger partial charge < -0.3 is 10.2 Å². The first-order valence-electron chi connectivity index (χ1n) is 7.67. The van der Waals surface area contributed by atoms with Crippen LogP contribution in [0.4, 0.5) is 23.1 Å². The summed E-state index contributed by atoms with van der Waals surface area (Å²) in [7, 11) is 0. The number of nitrogens with zero attached hydrogens (tertiary/aromatic N) is 2. The van der Waals surface area contributed by atoms with Crippen LogP contribution in [0.5, 0.6) is 0 Å². The van der Waals surface area contributed by atoms with Gasteiger partial charge in [0.1, 0.15) is 0 Å². The molecule has 10 heteroatoms. The van der Waals surface area contributed by atoms with E-state index in [2.05, 4.69) is 10.3 Å². The van der Waals surface area contributed by atoms with Gasteiger partial charge in [-0.25, -0.2) is 4.98 Å². The number of amides is 2. The number of hydrogen-bond donors (Lipinski definition) is 1. The van der Waals surface area contributed by atoms with Crippen LogP contribution in [0.1, 0.15) is 12.0 Å². The van der Waals surface area contributed by atoms with E-state index in [1.165, 1.54) is 23.9 Å². The summed E-state index contributed by atoms with van der Waals surface area (Å²) in [5.41, 5.74) is -0.0551. The van der Waals surface area contributed by atoms with E-state index in [4.69, 9.17) is 0 Å². The summed E-state index contributed by atoms with van der Waals surface area (Å²) in [5.74, 6) is 0.437. The molecule has 26 heavy (non-hydrogen) atoms. The molecule has 1 saturated heterocycles. The van der Waals surface area contributed by atoms with Gasteiger partial charge in [-0.15, -0.1) is 11.3 Å². The minimum atomic E-state index is -4.42. The van der Waals surface area contributed by atoms with Crippen molar-refractivity contribution in [2.24, 2.45) is 0 Å². The molecule has 0 atom stereocenters. The highest BCUT2D eigenvalue weighted by Gasteiger charge is 2.30. The lowest BCUT2D eigenvalue weighted by atomic mass is 10.1. The monoisotopic (exact) mass is 401 g/mol. The van der Waals surface area contributed by atoms with Crippen molar-refractivity contribution >= 4 is 39.4 Å². The number of nitrogens with one attached hydrogen (secondary N) is 1. The number of carbonyl (C=O) groups is 2. The van der Waals surface area contributed by atoms with Gasteiger partial charge in [-0.1, -0.05) is 23.9 Å². The third-order valence-corrected chi connectivity index (χ3v) is 5.34. The van der Waals surface area contributed by atoms with E-state index in [-0.39, 0.29) is 17.6 Å². The van der Waals surface area contributed by atoms with Crippen molar-refractivity contribution in [1.82, 2.24) is 9.88 Å². The zero-order valence-corrected chi connectivity index (χ0v) is 15.0. The molecule has 138 valence electrons. The number of rotatable bonds is 5. The van der Waals surface area contributed by atoms with Crippen molar-refractivity contribution in [2.75, 3.05) is 24.2 Å². The van der Waals surface area contributed by atoms with E-state index in [1.54, 1.807) is 10.3 Å². The van der Waals surface area contributed by atoms with Crippen molar-refractivity contribution in [3.05, 3.63) is 35.2 Å². The third-order valence-electron chi connectivity index (χ3n) is 3.69. The topological polar surface area (TPSA) is 62.3 Å². The second kappa shape index (κ2) is 7.67. The van der Waals surface area contributed by atoms with E-state index in [1.807, 2.05) is 0 Å². The molecule has 1 aromatic heterocycles. The molecule has 0 saturated carbocycles. The molecular formula is C16H14F3N3O2S2. The average Bonchev–Trinajstić information content (AvgIpc) is 3.21. The molecular weight excluding hydrogens is 387 g/mol. The number of hydrogen-bond acceptors (Lipinski definition) is 5. The molecule has 0 spiro atoms. The Morgan fingerprint density at radius 1 is 1.35 bits per heavy atom. The number of carbonyl (C=O) groups excluding carboxylic acids is 2. The summed E-state index contributed by atoms with van der Waals surface area (Å²) in [6.45, 7) is 0.969. The van der Waals surface area contributed by atoms with Gasteiger partial charge in [0.2, 0.25) is 5.91 Å². The van der Waals surface area contributed by atoms with Crippen LogP contribution in [-0.4, -0.2) is 39.9 Å². The fourth-order valence-corrected chi connectivity index (χ4v) is 3.95. The molecule has 1 aliphatic rings. The Morgan fingerprint density at radius 3 is 2.85 bits per heavy atom. The molecule has 1 aromatic carbocycles. The van der Waals surface area contributed by atoms with Crippen LogP contribution < -0.4 is 5.32 Å². The Balaban J connectivity index is 1.61. The lowest BCUT2D eigenvalue weighted by molar-refractivity contribution is -0.137. The number of alkyl halides is 3. The highest BCUT2D eigenvalue weighted by atomic mass is 32.2. The van der Waals surface area contributed by atoms with Crippen LogP contribution in [0.3, 0.4) is 0 Å². The van der Waals surface area contributed by atoms with Gasteiger partial charge in [-0.05, 0) is 12.1 Å². The van der Waals surface area contributed by atoms with E-state index in [0.717, 1.165) is 29.2 Å². The summed E-state index contributed by atoms with van der Waals surface area (Å²) in [5, 5.41) is 4.49. The van der Waals surface area contributed by atoms with Crippen molar-refractivity contribution in [3.8, 4) is 11.3 Å². The minimum Gasteiger partial charge on any atom is -0.332 e. The zero-order chi connectivity index (χ0) is 18.7. The summed E-state index contributed by atoms with van der Waals surface area (Å²) in [6.07, 6.45) is -4.28. The van der Waals surface area contributed by atoms with Crippen molar-refractivity contribution in [3.63, 3.8) is 0 Å². The minimum absolute atomic E-state index is 0.0288. The summed E-state index contributed by atoms with van der Waals surface area (Å²) in [6, 6.07) is 4.88. The first kappa shape index (κ1) is 18.7. The lowest BCUT2D eigenvalue weighted by Crippen LogP contribution is -2.27. The predicted molar refractivity (Wildman–Crippen MR) is 95.2 cm³/mol.